The van der Waals surface area contributed by atoms with Gasteiger partial charge >= 0.3 is 5.97 Å². The molecule has 1 aromatic carbocycles. The molecule has 1 aliphatic heterocycles. The molecule has 0 fully saturated rings. The first-order valence-electron chi connectivity index (χ1n) is 5.58. The number of fused-ring (bicyclic) bond motifs is 1. The largest absolute Gasteiger partial charge is 0.493 e. The van der Waals surface area contributed by atoms with Crippen molar-refractivity contribution in [2.45, 2.75) is 6.42 Å². The van der Waals surface area contributed by atoms with E-state index in [9.17, 15) is 9.59 Å². The van der Waals surface area contributed by atoms with Crippen molar-refractivity contribution >= 4 is 18.0 Å². The highest BCUT2D eigenvalue weighted by molar-refractivity contribution is 5.93. The molecule has 0 saturated heterocycles. The van der Waals surface area contributed by atoms with Crippen molar-refractivity contribution in [3.8, 4) is 5.75 Å². The van der Waals surface area contributed by atoms with Crippen molar-refractivity contribution in [1.29, 1.82) is 0 Å². The second-order valence-corrected chi connectivity index (χ2v) is 3.91. The molecule has 0 unspecified atom stereocenters. The second-order valence-electron chi connectivity index (χ2n) is 3.91. The molecule has 2 N–H and O–H groups in total. The molecule has 0 aliphatic carbocycles. The molecule has 5 heteroatoms. The van der Waals surface area contributed by atoms with Crippen LogP contribution in [0.15, 0.2) is 24.3 Å². The van der Waals surface area contributed by atoms with E-state index in [1.165, 1.54) is 6.08 Å². The van der Waals surface area contributed by atoms with E-state index >= 15 is 0 Å². The van der Waals surface area contributed by atoms with Gasteiger partial charge < -0.3 is 15.2 Å². The van der Waals surface area contributed by atoms with E-state index in [0.29, 0.717) is 6.61 Å². The van der Waals surface area contributed by atoms with E-state index in [-0.39, 0.29) is 6.54 Å². The maximum absolute atomic E-state index is 11.3. The zero-order valence-electron chi connectivity index (χ0n) is 9.68. The van der Waals surface area contributed by atoms with Crippen LogP contribution in [0.5, 0.6) is 5.75 Å². The summed E-state index contributed by atoms with van der Waals surface area (Å²) in [5, 5.41) is 10.7. The molecular weight excluding hydrogens is 234 g/mol. The summed E-state index contributed by atoms with van der Waals surface area (Å²) in [6.45, 7) is 0.322. The fourth-order valence-electron chi connectivity index (χ4n) is 1.70. The van der Waals surface area contributed by atoms with Gasteiger partial charge in [-0.2, -0.15) is 0 Å². The Bertz CT molecular complexity index is 508. The van der Waals surface area contributed by atoms with Crippen molar-refractivity contribution in [2.24, 2.45) is 0 Å². The van der Waals surface area contributed by atoms with Gasteiger partial charge in [0.1, 0.15) is 12.3 Å². The van der Waals surface area contributed by atoms with Crippen LogP contribution in [-0.2, 0) is 16.0 Å². The highest BCUT2D eigenvalue weighted by Crippen LogP contribution is 2.26. The van der Waals surface area contributed by atoms with E-state index in [2.05, 4.69) is 5.32 Å². The Morgan fingerprint density at radius 3 is 3.06 bits per heavy atom. The molecule has 1 aromatic rings. The van der Waals surface area contributed by atoms with E-state index in [0.717, 1.165) is 23.3 Å². The third-order valence-electron chi connectivity index (χ3n) is 2.55. The SMILES string of the molecule is O=C(O)CNC(=O)/C=C/c1ccc2c(c1)CCO2. The molecule has 0 saturated carbocycles. The standard InChI is InChI=1S/C13H13NO4/c15-12(14-8-13(16)17)4-2-9-1-3-11-10(7-9)5-6-18-11/h1-4,7H,5-6,8H2,(H,14,15)(H,16,17)/b4-2+. The number of aliphatic carboxylic acids is 1. The minimum Gasteiger partial charge on any atom is -0.493 e. The van der Waals surface area contributed by atoms with Gasteiger partial charge in [0.2, 0.25) is 5.91 Å². The minimum absolute atomic E-state index is 0.374. The Hall–Kier alpha value is -2.30. The zero-order valence-corrected chi connectivity index (χ0v) is 9.68. The zero-order chi connectivity index (χ0) is 13.0. The fraction of sp³-hybridized carbons (Fsp3) is 0.231. The maximum Gasteiger partial charge on any atom is 0.322 e. The lowest BCUT2D eigenvalue weighted by molar-refractivity contribution is -0.137. The van der Waals surface area contributed by atoms with Gasteiger partial charge in [0.15, 0.2) is 0 Å². The van der Waals surface area contributed by atoms with Crippen LogP contribution in [-0.4, -0.2) is 30.1 Å². The predicted molar refractivity (Wildman–Crippen MR) is 65.3 cm³/mol. The molecule has 94 valence electrons. The number of carboxylic acid groups (broad SMARTS) is 1. The normalized spacial score (nSPS) is 13.1. The molecule has 5 nitrogen and oxygen atoms in total. The van der Waals surface area contributed by atoms with E-state index in [1.807, 2.05) is 18.2 Å². The summed E-state index contributed by atoms with van der Waals surface area (Å²) in [7, 11) is 0. The number of nitrogens with one attached hydrogen (secondary N) is 1. The molecule has 0 radical (unpaired) electrons. The molecule has 1 aliphatic rings. The highest BCUT2D eigenvalue weighted by Gasteiger charge is 2.11. The Labute approximate surface area is 104 Å². The molecule has 0 atom stereocenters. The minimum atomic E-state index is -1.06. The molecule has 18 heavy (non-hydrogen) atoms. The molecule has 1 amide bonds. The molecule has 1 heterocycles. The lowest BCUT2D eigenvalue weighted by Crippen LogP contribution is -2.27. The third-order valence-corrected chi connectivity index (χ3v) is 2.55. The van der Waals surface area contributed by atoms with Crippen molar-refractivity contribution in [3.05, 3.63) is 35.4 Å². The van der Waals surface area contributed by atoms with E-state index in [1.54, 1.807) is 6.08 Å². The highest BCUT2D eigenvalue weighted by atomic mass is 16.5. The Morgan fingerprint density at radius 1 is 1.44 bits per heavy atom. The van der Waals surface area contributed by atoms with Gasteiger partial charge in [-0.15, -0.1) is 0 Å². The molecular formula is C13H13NO4. The van der Waals surface area contributed by atoms with Crippen molar-refractivity contribution in [1.82, 2.24) is 5.32 Å². The molecule has 0 bridgehead atoms. The number of carbonyl (C=O) groups excluding carboxylic acids is 1. The maximum atomic E-state index is 11.3. The fourth-order valence-corrected chi connectivity index (χ4v) is 1.70. The monoisotopic (exact) mass is 247 g/mol. The van der Waals surface area contributed by atoms with Crippen LogP contribution in [0.2, 0.25) is 0 Å². The second kappa shape index (κ2) is 5.35. The number of ether oxygens (including phenoxy) is 1. The molecule has 0 aromatic heterocycles. The third kappa shape index (κ3) is 3.10. The van der Waals surface area contributed by atoms with Gasteiger partial charge in [-0.25, -0.2) is 0 Å². The van der Waals surface area contributed by atoms with Gasteiger partial charge in [-0.1, -0.05) is 6.07 Å². The summed E-state index contributed by atoms with van der Waals surface area (Å²) < 4.78 is 5.38. The number of hydrogen-bond donors (Lipinski definition) is 2. The van der Waals surface area contributed by atoms with E-state index in [4.69, 9.17) is 9.84 Å². The Balaban J connectivity index is 1.96. The number of rotatable bonds is 4. The quantitative estimate of drug-likeness (QED) is 0.773. The van der Waals surface area contributed by atoms with Gasteiger partial charge in [-0.05, 0) is 29.3 Å². The van der Waals surface area contributed by atoms with Crippen molar-refractivity contribution < 1.29 is 19.4 Å². The van der Waals surface area contributed by atoms with Crippen LogP contribution in [0, 0.1) is 0 Å². The van der Waals surface area contributed by atoms with Gasteiger partial charge in [0.25, 0.3) is 0 Å². The predicted octanol–water partition coefficient (Wildman–Crippen LogP) is 0.835. The van der Waals surface area contributed by atoms with Crippen LogP contribution in [0.1, 0.15) is 11.1 Å². The Morgan fingerprint density at radius 2 is 2.28 bits per heavy atom. The van der Waals surface area contributed by atoms with Gasteiger partial charge in [0, 0.05) is 12.5 Å². The van der Waals surface area contributed by atoms with Crippen molar-refractivity contribution in [2.75, 3.05) is 13.2 Å². The summed E-state index contributed by atoms with van der Waals surface area (Å²) in [5.41, 5.74) is 2.02. The van der Waals surface area contributed by atoms with Crippen LogP contribution in [0.3, 0.4) is 0 Å². The summed E-state index contributed by atoms with van der Waals surface area (Å²) >= 11 is 0. The molecule has 2 rings (SSSR count). The number of carbonyl (C=O) groups is 2. The first-order valence-corrected chi connectivity index (χ1v) is 5.58. The summed E-state index contributed by atoms with van der Waals surface area (Å²) in [6, 6.07) is 5.69. The summed E-state index contributed by atoms with van der Waals surface area (Å²) in [5.74, 6) is -0.594. The molecule has 0 spiro atoms. The smallest absolute Gasteiger partial charge is 0.322 e. The number of benzene rings is 1. The van der Waals surface area contributed by atoms with Gasteiger partial charge in [-0.3, -0.25) is 9.59 Å². The summed E-state index contributed by atoms with van der Waals surface area (Å²) in [4.78, 5) is 21.5. The van der Waals surface area contributed by atoms with Crippen LogP contribution in [0.4, 0.5) is 0 Å². The lowest BCUT2D eigenvalue weighted by atomic mass is 10.1. The first kappa shape index (κ1) is 12.2. The Kier molecular flexibility index (Phi) is 3.62. The topological polar surface area (TPSA) is 75.6 Å². The van der Waals surface area contributed by atoms with Crippen LogP contribution in [0.25, 0.3) is 6.08 Å². The average Bonchev–Trinajstić information content (AvgIpc) is 2.81. The first-order chi connectivity index (χ1) is 8.65. The van der Waals surface area contributed by atoms with E-state index < -0.39 is 11.9 Å². The van der Waals surface area contributed by atoms with Crippen LogP contribution >= 0.6 is 0 Å². The lowest BCUT2D eigenvalue weighted by Gasteiger charge is -2.00. The summed E-state index contributed by atoms with van der Waals surface area (Å²) in [6.07, 6.45) is 3.85. The average molecular weight is 247 g/mol. The van der Waals surface area contributed by atoms with Crippen molar-refractivity contribution in [3.63, 3.8) is 0 Å². The van der Waals surface area contributed by atoms with Gasteiger partial charge in [0.05, 0.1) is 6.61 Å². The number of carboxylic acids is 1. The number of amides is 1. The van der Waals surface area contributed by atoms with Crippen LogP contribution < -0.4 is 10.1 Å². The number of hydrogen-bond acceptors (Lipinski definition) is 3.